The van der Waals surface area contributed by atoms with Crippen LogP contribution in [0.3, 0.4) is 0 Å². The van der Waals surface area contributed by atoms with Crippen LogP contribution in [-0.4, -0.2) is 20.0 Å². The predicted octanol–water partition coefficient (Wildman–Crippen LogP) is 6.74. The Morgan fingerprint density at radius 3 is 1.38 bits per heavy atom. The van der Waals surface area contributed by atoms with E-state index in [0.717, 1.165) is 0 Å². The van der Waals surface area contributed by atoms with Crippen molar-refractivity contribution in [1.82, 2.24) is 0 Å². The molecule has 0 radical (unpaired) electrons. The largest absolute Gasteiger partial charge is 0.497 e. The van der Waals surface area contributed by atoms with Crippen molar-refractivity contribution in [3.63, 3.8) is 0 Å². The predicted molar refractivity (Wildman–Crippen MR) is 139 cm³/mol. The Kier molecular flexibility index (Phi) is 6.68. The van der Waals surface area contributed by atoms with Gasteiger partial charge in [0, 0.05) is 55.8 Å². The molecule has 172 valence electrons. The summed E-state index contributed by atoms with van der Waals surface area (Å²) in [5.41, 5.74) is 17.0. The maximum Gasteiger partial charge on any atom is 0.194 e. The Morgan fingerprint density at radius 1 is 0.618 bits per heavy atom. The van der Waals surface area contributed by atoms with Crippen molar-refractivity contribution in [2.45, 2.75) is 0 Å². The van der Waals surface area contributed by atoms with Gasteiger partial charge in [-0.25, -0.2) is 0 Å². The highest BCUT2D eigenvalue weighted by molar-refractivity contribution is 6.32. The van der Waals surface area contributed by atoms with Crippen molar-refractivity contribution in [2.75, 3.05) is 25.7 Å². The van der Waals surface area contributed by atoms with E-state index in [1.165, 1.54) is 0 Å². The fourth-order valence-electron chi connectivity index (χ4n) is 3.85. The molecule has 4 aromatic carbocycles. The molecule has 0 unspecified atom stereocenters. The van der Waals surface area contributed by atoms with Crippen LogP contribution in [0.1, 0.15) is 15.9 Å². The van der Waals surface area contributed by atoms with Gasteiger partial charge in [0.25, 0.3) is 0 Å². The van der Waals surface area contributed by atoms with Crippen molar-refractivity contribution in [1.29, 1.82) is 0 Å². The van der Waals surface area contributed by atoms with Gasteiger partial charge in [-0.3, -0.25) is 4.79 Å². The van der Waals surface area contributed by atoms with Crippen LogP contribution >= 0.6 is 23.2 Å². The normalized spacial score (nSPS) is 10.7. The van der Waals surface area contributed by atoms with Crippen molar-refractivity contribution in [2.24, 2.45) is 0 Å². The number of rotatable bonds is 6. The maximum absolute atomic E-state index is 13.9. The number of ether oxygens (including phenoxy) is 2. The summed E-state index contributed by atoms with van der Waals surface area (Å²) in [7, 11) is 3.13. The molecule has 0 amide bonds. The lowest BCUT2D eigenvalue weighted by Gasteiger charge is -2.16. The Labute approximate surface area is 207 Å². The van der Waals surface area contributed by atoms with Gasteiger partial charge in [-0.1, -0.05) is 23.2 Å². The lowest BCUT2D eigenvalue weighted by molar-refractivity contribution is 0.104. The van der Waals surface area contributed by atoms with E-state index in [0.29, 0.717) is 66.3 Å². The monoisotopic (exact) mass is 492 g/mol. The summed E-state index contributed by atoms with van der Waals surface area (Å²) in [5.74, 6) is 1.01. The van der Waals surface area contributed by atoms with E-state index >= 15 is 0 Å². The van der Waals surface area contributed by atoms with E-state index in [9.17, 15) is 4.79 Å². The molecule has 4 N–H and O–H groups in total. The van der Waals surface area contributed by atoms with Gasteiger partial charge in [0.05, 0.1) is 14.2 Å². The van der Waals surface area contributed by atoms with Gasteiger partial charge in [-0.2, -0.15) is 0 Å². The van der Waals surface area contributed by atoms with E-state index in [-0.39, 0.29) is 5.78 Å². The Bertz CT molecular complexity index is 1300. The highest BCUT2D eigenvalue weighted by atomic mass is 35.5. The minimum Gasteiger partial charge on any atom is -0.497 e. The highest BCUT2D eigenvalue weighted by Gasteiger charge is 2.21. The first-order valence-electron chi connectivity index (χ1n) is 10.3. The molecule has 0 aliphatic heterocycles. The van der Waals surface area contributed by atoms with Crippen LogP contribution in [-0.2, 0) is 0 Å². The van der Waals surface area contributed by atoms with Gasteiger partial charge in [-0.05, 0) is 71.8 Å². The van der Waals surface area contributed by atoms with Gasteiger partial charge in [0.1, 0.15) is 11.5 Å². The highest BCUT2D eigenvalue weighted by Crippen LogP contribution is 2.38. The first-order chi connectivity index (χ1) is 16.3. The molecule has 0 aliphatic carbocycles. The minimum atomic E-state index is -0.219. The molecule has 0 fully saturated rings. The number of nitrogen functional groups attached to an aromatic ring is 2. The molecule has 0 saturated carbocycles. The maximum atomic E-state index is 13.9. The number of carbonyl (C=O) groups excluding carboxylic acids is 1. The average Bonchev–Trinajstić information content (AvgIpc) is 2.83. The zero-order chi connectivity index (χ0) is 24.4. The van der Waals surface area contributed by atoms with Gasteiger partial charge >= 0.3 is 0 Å². The second-order valence-corrected chi connectivity index (χ2v) is 8.49. The second-order valence-electron chi connectivity index (χ2n) is 7.62. The molecule has 5 nitrogen and oxygen atoms in total. The molecule has 4 aromatic rings. The third-order valence-electron chi connectivity index (χ3n) is 5.55. The number of benzene rings is 4. The molecule has 34 heavy (non-hydrogen) atoms. The van der Waals surface area contributed by atoms with E-state index in [1.54, 1.807) is 87.0 Å². The lowest BCUT2D eigenvalue weighted by Crippen LogP contribution is -2.07. The third-order valence-corrected chi connectivity index (χ3v) is 6.02. The summed E-state index contributed by atoms with van der Waals surface area (Å²) in [6, 6.07) is 20.8. The zero-order valence-corrected chi connectivity index (χ0v) is 20.1. The van der Waals surface area contributed by atoms with Gasteiger partial charge < -0.3 is 20.9 Å². The SMILES string of the molecule is COc1ccc(-c2cc(Cl)ccc2C(=O)c2ccc(Cl)cc2-c2ccc(OC)cc2N)c(N)c1. The lowest BCUT2D eigenvalue weighted by atomic mass is 9.89. The molecular formula is C27H22Cl2N2O3. The number of anilines is 2. The summed E-state index contributed by atoms with van der Waals surface area (Å²) in [6.07, 6.45) is 0. The summed E-state index contributed by atoms with van der Waals surface area (Å²) < 4.78 is 10.5. The van der Waals surface area contributed by atoms with E-state index < -0.39 is 0 Å². The van der Waals surface area contributed by atoms with E-state index in [4.69, 9.17) is 44.1 Å². The van der Waals surface area contributed by atoms with Crippen LogP contribution in [0.15, 0.2) is 72.8 Å². The first-order valence-corrected chi connectivity index (χ1v) is 11.1. The quantitative estimate of drug-likeness (QED) is 0.229. The standard InChI is InChI=1S/C27H22Cl2N2O3/c1-33-17-5-9-19(25(30)13-17)23-11-15(28)3-7-21(23)27(32)22-8-4-16(29)12-24(22)20-10-6-18(34-2)14-26(20)31/h3-14H,30-31H2,1-2H3. The van der Waals surface area contributed by atoms with Crippen LogP contribution in [0.2, 0.25) is 10.0 Å². The number of ketones is 1. The third kappa shape index (κ3) is 4.53. The summed E-state index contributed by atoms with van der Waals surface area (Å²) in [6.45, 7) is 0. The number of halogens is 2. The molecule has 0 heterocycles. The molecule has 0 bridgehead atoms. The number of nitrogens with two attached hydrogens (primary N) is 2. The molecule has 0 aliphatic rings. The van der Waals surface area contributed by atoms with Crippen LogP contribution in [0.4, 0.5) is 11.4 Å². The molecular weight excluding hydrogens is 471 g/mol. The number of hydrogen-bond acceptors (Lipinski definition) is 5. The van der Waals surface area contributed by atoms with Gasteiger partial charge in [0.15, 0.2) is 5.78 Å². The molecule has 4 rings (SSSR count). The van der Waals surface area contributed by atoms with Crippen LogP contribution in [0.5, 0.6) is 11.5 Å². The smallest absolute Gasteiger partial charge is 0.194 e. The summed E-state index contributed by atoms with van der Waals surface area (Å²) in [5, 5.41) is 0.968. The minimum absolute atomic E-state index is 0.219. The van der Waals surface area contributed by atoms with Crippen LogP contribution in [0, 0.1) is 0 Å². The van der Waals surface area contributed by atoms with Crippen LogP contribution < -0.4 is 20.9 Å². The summed E-state index contributed by atoms with van der Waals surface area (Å²) in [4.78, 5) is 13.9. The molecule has 0 spiro atoms. The van der Waals surface area contributed by atoms with Crippen molar-refractivity contribution in [3.8, 4) is 33.8 Å². The number of methoxy groups -OCH3 is 2. The van der Waals surface area contributed by atoms with E-state index in [2.05, 4.69) is 0 Å². The Morgan fingerprint density at radius 2 is 1.03 bits per heavy atom. The molecule has 0 atom stereocenters. The van der Waals surface area contributed by atoms with Gasteiger partial charge in [-0.15, -0.1) is 0 Å². The zero-order valence-electron chi connectivity index (χ0n) is 18.6. The van der Waals surface area contributed by atoms with Crippen molar-refractivity contribution < 1.29 is 14.3 Å². The average molecular weight is 493 g/mol. The topological polar surface area (TPSA) is 87.6 Å². The van der Waals surface area contributed by atoms with Crippen molar-refractivity contribution in [3.05, 3.63) is 94.0 Å². The molecule has 0 saturated heterocycles. The fraction of sp³-hybridized carbons (Fsp3) is 0.0741. The summed E-state index contributed by atoms with van der Waals surface area (Å²) >= 11 is 12.6. The Balaban J connectivity index is 1.89. The number of carbonyl (C=O) groups is 1. The van der Waals surface area contributed by atoms with E-state index in [1.807, 2.05) is 0 Å². The first kappa shape index (κ1) is 23.5. The van der Waals surface area contributed by atoms with Crippen molar-refractivity contribution >= 4 is 40.4 Å². The second kappa shape index (κ2) is 9.67. The molecule has 0 aromatic heterocycles. The van der Waals surface area contributed by atoms with Crippen LogP contribution in [0.25, 0.3) is 22.3 Å². The fourth-order valence-corrected chi connectivity index (χ4v) is 4.19. The van der Waals surface area contributed by atoms with Gasteiger partial charge in [0.2, 0.25) is 0 Å². The molecule has 7 heteroatoms. The Hall–Kier alpha value is -3.67. The number of hydrogen-bond donors (Lipinski definition) is 2.